The summed E-state index contributed by atoms with van der Waals surface area (Å²) < 4.78 is 28.0. The maximum Gasteiger partial charge on any atom is 0.243 e. The molecule has 0 bridgehead atoms. The normalized spacial score (nSPS) is 11.7. The van der Waals surface area contributed by atoms with Crippen molar-refractivity contribution in [3.05, 3.63) is 99.5 Å². The monoisotopic (exact) mass is 419 g/mol. The fourth-order valence-electron chi connectivity index (χ4n) is 2.72. The molecule has 0 N–H and O–H groups in total. The van der Waals surface area contributed by atoms with Gasteiger partial charge in [0, 0.05) is 23.1 Å². The van der Waals surface area contributed by atoms with E-state index in [1.54, 1.807) is 36.4 Å². The third-order valence-electron chi connectivity index (χ3n) is 4.27. The maximum absolute atomic E-state index is 13.3. The van der Waals surface area contributed by atoms with E-state index >= 15 is 0 Å². The Balaban J connectivity index is 2.02. The second-order valence-corrected chi connectivity index (χ2v) is 9.02. The molecule has 3 rings (SSSR count). The molecule has 0 aliphatic carbocycles. The van der Waals surface area contributed by atoms with Crippen LogP contribution < -0.4 is 0 Å². The van der Waals surface area contributed by atoms with E-state index in [9.17, 15) is 8.42 Å². The molecule has 0 aliphatic heterocycles. The number of rotatable bonds is 6. The lowest BCUT2D eigenvalue weighted by Crippen LogP contribution is -2.30. The quantitative estimate of drug-likeness (QED) is 0.514. The Hall–Kier alpha value is -1.85. The van der Waals surface area contributed by atoms with Gasteiger partial charge in [-0.25, -0.2) is 8.42 Å². The van der Waals surface area contributed by atoms with Gasteiger partial charge in [-0.2, -0.15) is 4.31 Å². The summed E-state index contributed by atoms with van der Waals surface area (Å²) in [7, 11) is -3.73. The van der Waals surface area contributed by atoms with Crippen LogP contribution in [0.25, 0.3) is 0 Å². The van der Waals surface area contributed by atoms with Gasteiger partial charge in [0.2, 0.25) is 10.0 Å². The average Bonchev–Trinajstić information content (AvgIpc) is 2.65. The molecule has 0 heterocycles. The largest absolute Gasteiger partial charge is 0.243 e. The summed E-state index contributed by atoms with van der Waals surface area (Å²) in [4.78, 5) is 0.243. The minimum absolute atomic E-state index is 0.154. The van der Waals surface area contributed by atoms with Gasteiger partial charge in [0.05, 0.1) is 4.90 Å². The van der Waals surface area contributed by atoms with Crippen LogP contribution in [0.4, 0.5) is 0 Å². The lowest BCUT2D eigenvalue weighted by atomic mass is 10.2. The SMILES string of the molecule is Cc1ccc(S(=O)(=O)N(Cc2ccccc2Cl)Cc2ccccc2Cl)cc1. The van der Waals surface area contributed by atoms with Crippen LogP contribution in [0.15, 0.2) is 77.7 Å². The van der Waals surface area contributed by atoms with Crippen molar-refractivity contribution in [3.63, 3.8) is 0 Å². The van der Waals surface area contributed by atoms with E-state index in [-0.39, 0.29) is 18.0 Å². The fraction of sp³-hybridized carbons (Fsp3) is 0.143. The zero-order chi connectivity index (χ0) is 19.4. The maximum atomic E-state index is 13.3. The van der Waals surface area contributed by atoms with Crippen LogP contribution >= 0.6 is 23.2 Å². The predicted octanol–water partition coefficient (Wildman–Crippen LogP) is 5.69. The Kier molecular flexibility index (Phi) is 6.22. The Bertz CT molecular complexity index is 987. The first-order chi connectivity index (χ1) is 12.9. The summed E-state index contributed by atoms with van der Waals surface area (Å²) in [6.07, 6.45) is 0. The molecule has 140 valence electrons. The van der Waals surface area contributed by atoms with Crippen LogP contribution in [-0.4, -0.2) is 12.7 Å². The van der Waals surface area contributed by atoms with Gasteiger partial charge in [0.15, 0.2) is 0 Å². The summed E-state index contributed by atoms with van der Waals surface area (Å²) in [5.74, 6) is 0. The zero-order valence-electron chi connectivity index (χ0n) is 14.8. The minimum atomic E-state index is -3.73. The number of hydrogen-bond acceptors (Lipinski definition) is 2. The van der Waals surface area contributed by atoms with Crippen LogP contribution in [0, 0.1) is 6.92 Å². The van der Waals surface area contributed by atoms with E-state index in [1.807, 2.05) is 43.3 Å². The van der Waals surface area contributed by atoms with Crippen molar-refractivity contribution in [2.24, 2.45) is 0 Å². The molecule has 3 aromatic carbocycles. The molecule has 3 aromatic rings. The van der Waals surface area contributed by atoms with Crippen LogP contribution in [0.1, 0.15) is 16.7 Å². The number of sulfonamides is 1. The molecule has 0 atom stereocenters. The molecule has 0 unspecified atom stereocenters. The Morgan fingerprint density at radius 2 is 1.19 bits per heavy atom. The number of benzene rings is 3. The molecule has 0 saturated heterocycles. The highest BCUT2D eigenvalue weighted by Crippen LogP contribution is 2.26. The van der Waals surface area contributed by atoms with Crippen molar-refractivity contribution >= 4 is 33.2 Å². The number of hydrogen-bond donors (Lipinski definition) is 0. The third kappa shape index (κ3) is 4.71. The molecule has 0 fully saturated rings. The highest BCUT2D eigenvalue weighted by molar-refractivity contribution is 7.89. The smallest absolute Gasteiger partial charge is 0.207 e. The van der Waals surface area contributed by atoms with E-state index in [2.05, 4.69) is 0 Å². The highest BCUT2D eigenvalue weighted by atomic mass is 35.5. The zero-order valence-corrected chi connectivity index (χ0v) is 17.1. The van der Waals surface area contributed by atoms with E-state index in [4.69, 9.17) is 23.2 Å². The topological polar surface area (TPSA) is 37.4 Å². The number of nitrogens with zero attached hydrogens (tertiary/aromatic N) is 1. The van der Waals surface area contributed by atoms with E-state index in [0.29, 0.717) is 10.0 Å². The van der Waals surface area contributed by atoms with Gasteiger partial charge in [0.25, 0.3) is 0 Å². The first-order valence-electron chi connectivity index (χ1n) is 8.41. The van der Waals surface area contributed by atoms with Crippen molar-refractivity contribution in [3.8, 4) is 0 Å². The Morgan fingerprint density at radius 1 is 0.741 bits per heavy atom. The lowest BCUT2D eigenvalue weighted by Gasteiger charge is -2.23. The lowest BCUT2D eigenvalue weighted by molar-refractivity contribution is 0.401. The van der Waals surface area contributed by atoms with Crippen molar-refractivity contribution in [1.82, 2.24) is 4.31 Å². The summed E-state index contributed by atoms with van der Waals surface area (Å²) >= 11 is 12.5. The van der Waals surface area contributed by atoms with Crippen molar-refractivity contribution in [2.75, 3.05) is 0 Å². The van der Waals surface area contributed by atoms with Gasteiger partial charge in [-0.15, -0.1) is 0 Å². The van der Waals surface area contributed by atoms with Gasteiger partial charge in [-0.3, -0.25) is 0 Å². The average molecular weight is 420 g/mol. The first kappa shape index (κ1) is 19.9. The van der Waals surface area contributed by atoms with Gasteiger partial charge < -0.3 is 0 Å². The van der Waals surface area contributed by atoms with Crippen molar-refractivity contribution in [1.29, 1.82) is 0 Å². The molecule has 0 saturated carbocycles. The molecule has 0 aliphatic rings. The number of halogens is 2. The summed E-state index contributed by atoms with van der Waals surface area (Å²) in [5.41, 5.74) is 2.47. The third-order valence-corrected chi connectivity index (χ3v) is 6.81. The predicted molar refractivity (Wildman–Crippen MR) is 111 cm³/mol. The van der Waals surface area contributed by atoms with Crippen LogP contribution in [0.5, 0.6) is 0 Å². The van der Waals surface area contributed by atoms with Gasteiger partial charge in [0.1, 0.15) is 0 Å². The molecule has 0 radical (unpaired) electrons. The van der Waals surface area contributed by atoms with Crippen LogP contribution in [-0.2, 0) is 23.1 Å². The second-order valence-electron chi connectivity index (χ2n) is 6.27. The van der Waals surface area contributed by atoms with Gasteiger partial charge >= 0.3 is 0 Å². The van der Waals surface area contributed by atoms with Crippen molar-refractivity contribution in [2.45, 2.75) is 24.9 Å². The molecule has 0 aromatic heterocycles. The fourth-order valence-corrected chi connectivity index (χ4v) is 4.51. The van der Waals surface area contributed by atoms with Gasteiger partial charge in [-0.05, 0) is 42.3 Å². The Labute approximate surface area is 170 Å². The molecule has 27 heavy (non-hydrogen) atoms. The van der Waals surface area contributed by atoms with E-state index in [0.717, 1.165) is 16.7 Å². The van der Waals surface area contributed by atoms with Crippen LogP contribution in [0.3, 0.4) is 0 Å². The minimum Gasteiger partial charge on any atom is -0.207 e. The molecule has 3 nitrogen and oxygen atoms in total. The molecular formula is C21H19Cl2NO2S. The summed E-state index contributed by atoms with van der Waals surface area (Å²) in [5, 5.41) is 1.06. The highest BCUT2D eigenvalue weighted by Gasteiger charge is 2.26. The molecule has 6 heteroatoms. The van der Waals surface area contributed by atoms with Crippen molar-refractivity contribution < 1.29 is 8.42 Å². The molecule has 0 amide bonds. The second kappa shape index (κ2) is 8.44. The van der Waals surface area contributed by atoms with E-state index in [1.165, 1.54) is 4.31 Å². The van der Waals surface area contributed by atoms with Crippen LogP contribution in [0.2, 0.25) is 10.0 Å². The van der Waals surface area contributed by atoms with E-state index < -0.39 is 10.0 Å². The summed E-state index contributed by atoms with van der Waals surface area (Å²) in [6.45, 7) is 2.23. The van der Waals surface area contributed by atoms with Gasteiger partial charge in [-0.1, -0.05) is 77.3 Å². The first-order valence-corrected chi connectivity index (χ1v) is 10.6. The molecular weight excluding hydrogens is 401 g/mol. The molecule has 0 spiro atoms. The number of aryl methyl sites for hydroxylation is 1. The summed E-state index contributed by atoms with van der Waals surface area (Å²) in [6, 6.07) is 21.3. The Morgan fingerprint density at radius 3 is 1.63 bits per heavy atom. The standard InChI is InChI=1S/C21H19Cl2NO2S/c1-16-10-12-19(13-11-16)27(25,26)24(14-17-6-2-4-8-20(17)22)15-18-7-3-5-9-21(18)23/h2-13H,14-15H2,1H3.